The van der Waals surface area contributed by atoms with E-state index >= 15 is 0 Å². The molecule has 28 heavy (non-hydrogen) atoms. The van der Waals surface area contributed by atoms with Crippen LogP contribution in [0.4, 0.5) is 0 Å². The summed E-state index contributed by atoms with van der Waals surface area (Å²) in [5.74, 6) is 1.59. The van der Waals surface area contributed by atoms with Gasteiger partial charge in [-0.25, -0.2) is 4.98 Å². The highest BCUT2D eigenvalue weighted by atomic mass is 35.5. The van der Waals surface area contributed by atoms with E-state index in [0.29, 0.717) is 5.92 Å². The summed E-state index contributed by atoms with van der Waals surface area (Å²) >= 11 is 7.98. The first-order chi connectivity index (χ1) is 13.7. The van der Waals surface area contributed by atoms with Crippen LogP contribution in [0.15, 0.2) is 54.6 Å². The molecule has 1 aromatic heterocycles. The number of unbranched alkanes of at least 4 members (excludes halogenated alkanes) is 1. The van der Waals surface area contributed by atoms with Crippen LogP contribution in [-0.2, 0) is 6.42 Å². The van der Waals surface area contributed by atoms with E-state index in [0.717, 1.165) is 39.4 Å². The minimum absolute atomic E-state index is 0.647. The average Bonchev–Trinajstić information content (AvgIpc) is 3.10. The van der Waals surface area contributed by atoms with E-state index in [1.165, 1.54) is 31.2 Å². The molecule has 148 valence electrons. The summed E-state index contributed by atoms with van der Waals surface area (Å²) in [6.07, 6.45) is 5.73. The molecule has 3 aromatic rings. The lowest BCUT2D eigenvalue weighted by Crippen LogP contribution is -2.11. The van der Waals surface area contributed by atoms with Crippen molar-refractivity contribution >= 4 is 22.9 Å². The third-order valence-corrected chi connectivity index (χ3v) is 6.24. The Morgan fingerprint density at radius 1 is 1.04 bits per heavy atom. The number of thiazole rings is 1. The summed E-state index contributed by atoms with van der Waals surface area (Å²) in [4.78, 5) is 4.75. The third kappa shape index (κ3) is 5.83. The topological polar surface area (TPSA) is 22.1 Å². The lowest BCUT2D eigenvalue weighted by Gasteiger charge is -2.15. The van der Waals surface area contributed by atoms with Crippen molar-refractivity contribution in [3.63, 3.8) is 0 Å². The summed E-state index contributed by atoms with van der Waals surface area (Å²) in [6, 6.07) is 18.5. The number of aromatic nitrogens is 1. The molecule has 0 saturated carbocycles. The van der Waals surface area contributed by atoms with Gasteiger partial charge in [-0.05, 0) is 30.0 Å². The van der Waals surface area contributed by atoms with E-state index in [4.69, 9.17) is 21.3 Å². The summed E-state index contributed by atoms with van der Waals surface area (Å²) in [7, 11) is 0. The maximum Gasteiger partial charge on any atom is 0.121 e. The van der Waals surface area contributed by atoms with Gasteiger partial charge in [-0.1, -0.05) is 87.2 Å². The minimum atomic E-state index is 0.647. The Hall–Kier alpha value is -1.84. The number of hydrogen-bond acceptors (Lipinski definition) is 3. The van der Waals surface area contributed by atoms with Crippen LogP contribution in [0.3, 0.4) is 0 Å². The van der Waals surface area contributed by atoms with E-state index in [2.05, 4.69) is 38.1 Å². The van der Waals surface area contributed by atoms with Crippen LogP contribution in [0.5, 0.6) is 5.75 Å². The molecule has 0 bridgehead atoms. The molecule has 0 aliphatic rings. The molecular formula is C24H28ClNOS. The number of rotatable bonds is 10. The quantitative estimate of drug-likeness (QED) is 0.340. The van der Waals surface area contributed by atoms with E-state index < -0.39 is 0 Å². The van der Waals surface area contributed by atoms with Crippen molar-refractivity contribution in [1.82, 2.24) is 4.98 Å². The van der Waals surface area contributed by atoms with Gasteiger partial charge in [0.2, 0.25) is 0 Å². The van der Waals surface area contributed by atoms with Gasteiger partial charge in [0.05, 0.1) is 11.6 Å². The highest BCUT2D eigenvalue weighted by Crippen LogP contribution is 2.33. The van der Waals surface area contributed by atoms with Crippen molar-refractivity contribution in [3.05, 3.63) is 69.5 Å². The summed E-state index contributed by atoms with van der Waals surface area (Å²) < 4.78 is 6.76. The van der Waals surface area contributed by atoms with Crippen molar-refractivity contribution in [1.29, 1.82) is 0 Å². The monoisotopic (exact) mass is 413 g/mol. The Bertz CT molecular complexity index is 845. The fourth-order valence-electron chi connectivity index (χ4n) is 3.18. The average molecular weight is 414 g/mol. The van der Waals surface area contributed by atoms with E-state index in [1.807, 2.05) is 30.3 Å². The minimum Gasteiger partial charge on any atom is -0.493 e. The van der Waals surface area contributed by atoms with Gasteiger partial charge in [-0.2, -0.15) is 0 Å². The maximum absolute atomic E-state index is 6.43. The molecule has 0 saturated heterocycles. The summed E-state index contributed by atoms with van der Waals surface area (Å²) in [5.41, 5.74) is 3.16. The van der Waals surface area contributed by atoms with Crippen LogP contribution in [0.25, 0.3) is 11.3 Å². The van der Waals surface area contributed by atoms with E-state index in [9.17, 15) is 0 Å². The molecular weight excluding hydrogens is 386 g/mol. The lowest BCUT2D eigenvalue weighted by molar-refractivity contribution is 0.233. The SMILES string of the molecule is CCCCC(CC)COc1ccc(Cc2nc(-c3ccccc3)c(Cl)s2)cc1. The Morgan fingerprint density at radius 3 is 2.46 bits per heavy atom. The number of halogens is 1. The number of benzene rings is 2. The molecule has 3 rings (SSSR count). The molecule has 1 heterocycles. The maximum atomic E-state index is 6.43. The number of ether oxygens (including phenoxy) is 1. The van der Waals surface area contributed by atoms with Crippen LogP contribution in [-0.4, -0.2) is 11.6 Å². The Morgan fingerprint density at radius 2 is 1.79 bits per heavy atom. The van der Waals surface area contributed by atoms with E-state index in [1.54, 1.807) is 11.3 Å². The van der Waals surface area contributed by atoms with Gasteiger partial charge in [0, 0.05) is 12.0 Å². The third-order valence-electron chi connectivity index (χ3n) is 4.99. The molecule has 0 fully saturated rings. The van der Waals surface area contributed by atoms with Crippen LogP contribution in [0.1, 0.15) is 50.1 Å². The molecule has 0 radical (unpaired) electrons. The molecule has 0 aliphatic heterocycles. The van der Waals surface area contributed by atoms with Gasteiger partial charge in [0.15, 0.2) is 0 Å². The zero-order valence-electron chi connectivity index (χ0n) is 16.7. The molecule has 0 amide bonds. The number of hydrogen-bond donors (Lipinski definition) is 0. The zero-order chi connectivity index (χ0) is 19.8. The normalized spacial score (nSPS) is 12.1. The molecule has 0 aliphatic carbocycles. The van der Waals surface area contributed by atoms with Crippen molar-refractivity contribution in [2.75, 3.05) is 6.61 Å². The number of nitrogens with zero attached hydrogens (tertiary/aromatic N) is 1. The fourth-order valence-corrected chi connectivity index (χ4v) is 4.44. The molecule has 4 heteroatoms. The molecule has 0 N–H and O–H groups in total. The van der Waals surface area contributed by atoms with Gasteiger partial charge < -0.3 is 4.74 Å². The Labute approximate surface area is 177 Å². The zero-order valence-corrected chi connectivity index (χ0v) is 18.2. The van der Waals surface area contributed by atoms with Gasteiger partial charge in [0.25, 0.3) is 0 Å². The second-order valence-corrected chi connectivity index (χ2v) is 8.83. The van der Waals surface area contributed by atoms with Gasteiger partial charge >= 0.3 is 0 Å². The van der Waals surface area contributed by atoms with Gasteiger partial charge in [0.1, 0.15) is 15.8 Å². The fraction of sp³-hybridized carbons (Fsp3) is 0.375. The van der Waals surface area contributed by atoms with Crippen LogP contribution in [0, 0.1) is 5.92 Å². The first-order valence-electron chi connectivity index (χ1n) is 10.1. The molecule has 1 unspecified atom stereocenters. The van der Waals surface area contributed by atoms with Crippen molar-refractivity contribution in [2.45, 2.75) is 46.0 Å². The second kappa shape index (κ2) is 10.6. The standard InChI is InChI=1S/C24H28ClNOS/c1-3-5-9-18(4-2)17-27-21-14-12-19(13-15-21)16-22-26-23(24(25)28-22)20-10-7-6-8-11-20/h6-8,10-15,18H,3-5,9,16-17H2,1-2H3. The second-order valence-electron chi connectivity index (χ2n) is 7.14. The largest absolute Gasteiger partial charge is 0.493 e. The highest BCUT2D eigenvalue weighted by molar-refractivity contribution is 7.16. The summed E-state index contributed by atoms with van der Waals surface area (Å²) in [5, 5.41) is 1.03. The van der Waals surface area contributed by atoms with Gasteiger partial charge in [-0.3, -0.25) is 0 Å². The first-order valence-corrected chi connectivity index (χ1v) is 11.3. The van der Waals surface area contributed by atoms with Crippen molar-refractivity contribution < 1.29 is 4.74 Å². The molecule has 0 spiro atoms. The Balaban J connectivity index is 1.59. The predicted molar refractivity (Wildman–Crippen MR) is 121 cm³/mol. The summed E-state index contributed by atoms with van der Waals surface area (Å²) in [6.45, 7) is 5.29. The van der Waals surface area contributed by atoms with Crippen LogP contribution < -0.4 is 4.74 Å². The Kier molecular flexibility index (Phi) is 7.93. The van der Waals surface area contributed by atoms with E-state index in [-0.39, 0.29) is 0 Å². The first kappa shape index (κ1) is 20.9. The lowest BCUT2D eigenvalue weighted by atomic mass is 10.0. The van der Waals surface area contributed by atoms with Gasteiger partial charge in [-0.15, -0.1) is 11.3 Å². The molecule has 2 nitrogen and oxygen atoms in total. The highest BCUT2D eigenvalue weighted by Gasteiger charge is 2.12. The predicted octanol–water partition coefficient (Wildman–Crippen LogP) is 7.65. The molecule has 1 atom stereocenters. The van der Waals surface area contributed by atoms with Crippen molar-refractivity contribution in [3.8, 4) is 17.0 Å². The van der Waals surface area contributed by atoms with Crippen molar-refractivity contribution in [2.24, 2.45) is 5.92 Å². The smallest absolute Gasteiger partial charge is 0.121 e. The van der Waals surface area contributed by atoms with Crippen LogP contribution in [0.2, 0.25) is 4.34 Å². The molecule has 2 aromatic carbocycles. The van der Waals surface area contributed by atoms with Crippen LogP contribution >= 0.6 is 22.9 Å².